The van der Waals surface area contributed by atoms with E-state index in [1.807, 2.05) is 18.2 Å². The van der Waals surface area contributed by atoms with Crippen molar-refractivity contribution >= 4 is 22.7 Å². The third kappa shape index (κ3) is 3.65. The summed E-state index contributed by atoms with van der Waals surface area (Å²) in [5.41, 5.74) is 2.56. The summed E-state index contributed by atoms with van der Waals surface area (Å²) < 4.78 is 4.88. The van der Waals surface area contributed by atoms with Crippen molar-refractivity contribution < 1.29 is 9.53 Å². The summed E-state index contributed by atoms with van der Waals surface area (Å²) in [7, 11) is 0. The molecule has 2 rings (SSSR count). The van der Waals surface area contributed by atoms with E-state index >= 15 is 0 Å². The molecule has 0 N–H and O–H groups in total. The van der Waals surface area contributed by atoms with Crippen LogP contribution in [-0.2, 0) is 16.0 Å². The third-order valence-electron chi connectivity index (χ3n) is 3.22. The number of aromatic nitrogens is 3. The monoisotopic (exact) mass is 288 g/mol. The number of anilines is 1. The van der Waals surface area contributed by atoms with Gasteiger partial charge in [-0.1, -0.05) is 0 Å². The number of nitrogens with zero attached hydrogens (tertiary/aromatic N) is 4. The zero-order valence-corrected chi connectivity index (χ0v) is 12.7. The molecule has 0 bridgehead atoms. The molecule has 0 aliphatic rings. The predicted molar refractivity (Wildman–Crippen MR) is 81.2 cm³/mol. The highest BCUT2D eigenvalue weighted by atomic mass is 16.5. The number of fused-ring (bicyclic) bond motifs is 1. The molecule has 0 atom stereocenters. The van der Waals surface area contributed by atoms with Crippen molar-refractivity contribution in [2.45, 2.75) is 27.2 Å². The smallest absolute Gasteiger partial charge is 0.313 e. The second-order valence-electron chi connectivity index (χ2n) is 4.56. The van der Waals surface area contributed by atoms with Gasteiger partial charge in [-0.3, -0.25) is 4.79 Å². The Kier molecular flexibility index (Phi) is 5.03. The summed E-state index contributed by atoms with van der Waals surface area (Å²) in [4.78, 5) is 18.0. The van der Waals surface area contributed by atoms with E-state index in [4.69, 9.17) is 4.74 Å². The van der Waals surface area contributed by atoms with Crippen LogP contribution >= 0.6 is 0 Å². The molecule has 0 fully saturated rings. The minimum Gasteiger partial charge on any atom is -0.466 e. The van der Waals surface area contributed by atoms with Gasteiger partial charge < -0.3 is 9.64 Å². The summed E-state index contributed by atoms with van der Waals surface area (Å²) in [6, 6.07) is 5.89. The Balaban J connectivity index is 2.25. The van der Waals surface area contributed by atoms with Gasteiger partial charge in [-0.25, -0.2) is 4.98 Å². The fourth-order valence-electron chi connectivity index (χ4n) is 2.16. The SMILES string of the molecule is CCOC(=O)Cc1nnc2cc(N(CC)CC)ccc2n1. The maximum atomic E-state index is 11.4. The Hall–Kier alpha value is -2.24. The summed E-state index contributed by atoms with van der Waals surface area (Å²) in [5.74, 6) is 0.0509. The van der Waals surface area contributed by atoms with Crippen molar-refractivity contribution in [1.29, 1.82) is 0 Å². The van der Waals surface area contributed by atoms with E-state index in [2.05, 4.69) is 33.9 Å². The molecule has 0 aliphatic heterocycles. The Bertz CT molecular complexity index is 626. The number of rotatable bonds is 6. The summed E-state index contributed by atoms with van der Waals surface area (Å²) >= 11 is 0. The summed E-state index contributed by atoms with van der Waals surface area (Å²) in [6.07, 6.45) is 0.0502. The van der Waals surface area contributed by atoms with E-state index in [1.165, 1.54) is 0 Å². The molecule has 1 aromatic carbocycles. The number of benzene rings is 1. The number of carbonyl (C=O) groups is 1. The van der Waals surface area contributed by atoms with Crippen LogP contribution in [0.1, 0.15) is 26.6 Å². The van der Waals surface area contributed by atoms with E-state index in [1.54, 1.807) is 6.92 Å². The number of hydrogen-bond acceptors (Lipinski definition) is 6. The van der Waals surface area contributed by atoms with Gasteiger partial charge in [0.15, 0.2) is 5.82 Å². The van der Waals surface area contributed by atoms with Gasteiger partial charge in [0.25, 0.3) is 0 Å². The number of esters is 1. The number of ether oxygens (including phenoxy) is 1. The fourth-order valence-corrected chi connectivity index (χ4v) is 2.16. The zero-order valence-electron chi connectivity index (χ0n) is 12.7. The van der Waals surface area contributed by atoms with Crippen LogP contribution in [0.25, 0.3) is 11.0 Å². The second-order valence-corrected chi connectivity index (χ2v) is 4.56. The first-order chi connectivity index (χ1) is 10.2. The zero-order chi connectivity index (χ0) is 15.2. The molecule has 0 aliphatic carbocycles. The van der Waals surface area contributed by atoms with Crippen LogP contribution in [0.15, 0.2) is 18.2 Å². The molecule has 1 aromatic heterocycles. The molecule has 0 radical (unpaired) electrons. The largest absolute Gasteiger partial charge is 0.466 e. The molecule has 0 amide bonds. The molecule has 2 aromatic rings. The van der Waals surface area contributed by atoms with Gasteiger partial charge >= 0.3 is 5.97 Å². The van der Waals surface area contributed by atoms with Crippen LogP contribution in [0.4, 0.5) is 5.69 Å². The molecular weight excluding hydrogens is 268 g/mol. The highest BCUT2D eigenvalue weighted by Gasteiger charge is 2.10. The molecule has 0 saturated carbocycles. The lowest BCUT2D eigenvalue weighted by molar-refractivity contribution is -0.142. The van der Waals surface area contributed by atoms with Crippen molar-refractivity contribution in [1.82, 2.24) is 15.2 Å². The van der Waals surface area contributed by atoms with Gasteiger partial charge in [0.2, 0.25) is 0 Å². The molecular formula is C15H20N4O2. The summed E-state index contributed by atoms with van der Waals surface area (Å²) in [5, 5.41) is 8.16. The van der Waals surface area contributed by atoms with Crippen LogP contribution in [0.2, 0.25) is 0 Å². The average molecular weight is 288 g/mol. The fraction of sp³-hybridized carbons (Fsp3) is 0.467. The molecule has 0 spiro atoms. The minimum atomic E-state index is -0.335. The number of hydrogen-bond donors (Lipinski definition) is 0. The van der Waals surface area contributed by atoms with Gasteiger partial charge in [0.05, 0.1) is 12.1 Å². The quantitative estimate of drug-likeness (QED) is 0.757. The molecule has 6 nitrogen and oxygen atoms in total. The standard InChI is InChI=1S/C15H20N4O2/c1-4-19(5-2)11-7-8-12-13(9-11)17-18-14(16-12)10-15(20)21-6-3/h7-9H,4-6,10H2,1-3H3. The van der Waals surface area contributed by atoms with Crippen LogP contribution in [0, 0.1) is 0 Å². The molecule has 21 heavy (non-hydrogen) atoms. The lowest BCUT2D eigenvalue weighted by Gasteiger charge is -2.20. The molecule has 1 heterocycles. The lowest BCUT2D eigenvalue weighted by atomic mass is 10.2. The van der Waals surface area contributed by atoms with Crippen molar-refractivity contribution in [2.75, 3.05) is 24.6 Å². The Morgan fingerprint density at radius 2 is 1.90 bits per heavy atom. The van der Waals surface area contributed by atoms with Crippen molar-refractivity contribution in [2.24, 2.45) is 0 Å². The maximum absolute atomic E-state index is 11.4. The van der Waals surface area contributed by atoms with Crippen LogP contribution in [-0.4, -0.2) is 40.8 Å². The second kappa shape index (κ2) is 6.97. The van der Waals surface area contributed by atoms with Crippen molar-refractivity contribution in [3.8, 4) is 0 Å². The maximum Gasteiger partial charge on any atom is 0.313 e. The van der Waals surface area contributed by atoms with Crippen LogP contribution in [0.5, 0.6) is 0 Å². The van der Waals surface area contributed by atoms with E-state index in [9.17, 15) is 4.79 Å². The normalized spacial score (nSPS) is 10.6. The lowest BCUT2D eigenvalue weighted by Crippen LogP contribution is -2.21. The highest BCUT2D eigenvalue weighted by molar-refractivity contribution is 5.79. The molecule has 112 valence electrons. The Morgan fingerprint density at radius 1 is 1.14 bits per heavy atom. The van der Waals surface area contributed by atoms with E-state index < -0.39 is 0 Å². The van der Waals surface area contributed by atoms with Crippen LogP contribution < -0.4 is 4.90 Å². The van der Waals surface area contributed by atoms with Gasteiger partial charge in [-0.05, 0) is 39.0 Å². The first-order valence-electron chi connectivity index (χ1n) is 7.21. The highest BCUT2D eigenvalue weighted by Crippen LogP contribution is 2.19. The molecule has 0 unspecified atom stereocenters. The van der Waals surface area contributed by atoms with Crippen LogP contribution in [0.3, 0.4) is 0 Å². The van der Waals surface area contributed by atoms with Gasteiger partial charge in [-0.2, -0.15) is 0 Å². The first kappa shape index (κ1) is 15.2. The average Bonchev–Trinajstić information content (AvgIpc) is 2.48. The van der Waals surface area contributed by atoms with Gasteiger partial charge in [0, 0.05) is 18.8 Å². The van der Waals surface area contributed by atoms with Crippen molar-refractivity contribution in [3.63, 3.8) is 0 Å². The van der Waals surface area contributed by atoms with Crippen molar-refractivity contribution in [3.05, 3.63) is 24.0 Å². The molecule has 6 heteroatoms. The number of carbonyl (C=O) groups excluding carboxylic acids is 1. The first-order valence-corrected chi connectivity index (χ1v) is 7.21. The van der Waals surface area contributed by atoms with E-state index in [0.29, 0.717) is 12.4 Å². The Morgan fingerprint density at radius 3 is 2.57 bits per heavy atom. The van der Waals surface area contributed by atoms with Gasteiger partial charge in [0.1, 0.15) is 11.9 Å². The Labute approximate surface area is 124 Å². The predicted octanol–water partition coefficient (Wildman–Crippen LogP) is 1.98. The van der Waals surface area contributed by atoms with Gasteiger partial charge in [-0.15, -0.1) is 10.2 Å². The topological polar surface area (TPSA) is 68.2 Å². The minimum absolute atomic E-state index is 0.0502. The third-order valence-corrected chi connectivity index (χ3v) is 3.22. The summed E-state index contributed by atoms with van der Waals surface area (Å²) in [6.45, 7) is 8.22. The van der Waals surface area contributed by atoms with E-state index in [-0.39, 0.29) is 12.4 Å². The molecule has 0 saturated heterocycles. The van der Waals surface area contributed by atoms with E-state index in [0.717, 1.165) is 29.8 Å².